The van der Waals surface area contributed by atoms with Crippen molar-refractivity contribution in [3.05, 3.63) is 11.8 Å². The molecule has 1 fully saturated rings. The van der Waals surface area contributed by atoms with Crippen LogP contribution in [0.1, 0.15) is 23.2 Å². The van der Waals surface area contributed by atoms with Crippen molar-refractivity contribution in [3.63, 3.8) is 0 Å². The fourth-order valence-corrected chi connectivity index (χ4v) is 1.66. The average Bonchev–Trinajstić information content (AvgIpc) is 2.86. The average molecular weight is 224 g/mol. The fraction of sp³-hybridized carbons (Fsp3) is 0.444. The summed E-state index contributed by atoms with van der Waals surface area (Å²) >= 11 is 0. The molecule has 4 N–H and O–H groups in total. The van der Waals surface area contributed by atoms with E-state index in [1.807, 2.05) is 0 Å². The molecule has 86 valence electrons. The van der Waals surface area contributed by atoms with E-state index in [2.05, 4.69) is 20.8 Å². The maximum absolute atomic E-state index is 11.7. The number of carboxylic acid groups (broad SMARTS) is 1. The molecule has 1 amide bonds. The molecule has 1 saturated heterocycles. The van der Waals surface area contributed by atoms with Gasteiger partial charge in [-0.05, 0) is 19.4 Å². The second kappa shape index (κ2) is 4.31. The van der Waals surface area contributed by atoms with E-state index >= 15 is 0 Å². The quantitative estimate of drug-likeness (QED) is 0.568. The van der Waals surface area contributed by atoms with Gasteiger partial charge in [0.1, 0.15) is 11.4 Å². The van der Waals surface area contributed by atoms with Gasteiger partial charge in [0.15, 0.2) is 0 Å². The van der Waals surface area contributed by atoms with Crippen molar-refractivity contribution >= 4 is 17.7 Å². The Hall–Kier alpha value is -1.89. The minimum Gasteiger partial charge on any atom is -0.477 e. The summed E-state index contributed by atoms with van der Waals surface area (Å²) in [5, 5.41) is 20.4. The fourth-order valence-electron chi connectivity index (χ4n) is 1.66. The molecular weight excluding hydrogens is 212 g/mol. The van der Waals surface area contributed by atoms with Gasteiger partial charge in [0.2, 0.25) is 5.91 Å². The van der Waals surface area contributed by atoms with Crippen molar-refractivity contribution in [2.75, 3.05) is 11.9 Å². The van der Waals surface area contributed by atoms with E-state index in [-0.39, 0.29) is 23.3 Å². The molecule has 1 aromatic heterocycles. The number of rotatable bonds is 3. The van der Waals surface area contributed by atoms with Crippen molar-refractivity contribution < 1.29 is 14.7 Å². The lowest BCUT2D eigenvalue weighted by Crippen LogP contribution is -2.35. The molecule has 0 saturated carbocycles. The molecule has 0 bridgehead atoms. The number of carbonyl (C=O) groups is 2. The van der Waals surface area contributed by atoms with Crippen molar-refractivity contribution in [1.82, 2.24) is 15.5 Å². The first-order valence-electron chi connectivity index (χ1n) is 4.99. The zero-order chi connectivity index (χ0) is 11.5. The van der Waals surface area contributed by atoms with Gasteiger partial charge < -0.3 is 15.7 Å². The van der Waals surface area contributed by atoms with Crippen LogP contribution in [0, 0.1) is 0 Å². The molecule has 7 heteroatoms. The standard InChI is InChI=1S/C9H12N4O3/c14-8(6-2-1-3-10-6)12-7-5(9(15)16)4-11-13-7/h4,6,10H,1-3H2,(H,15,16)(H2,11,12,13,14). The Labute approximate surface area is 91.2 Å². The van der Waals surface area contributed by atoms with E-state index in [0.29, 0.717) is 0 Å². The van der Waals surface area contributed by atoms with Gasteiger partial charge in [-0.2, -0.15) is 5.10 Å². The highest BCUT2D eigenvalue weighted by molar-refractivity contribution is 6.00. The number of carboxylic acids is 1. The Morgan fingerprint density at radius 2 is 2.38 bits per heavy atom. The summed E-state index contributed by atoms with van der Waals surface area (Å²) in [7, 11) is 0. The lowest BCUT2D eigenvalue weighted by molar-refractivity contribution is -0.117. The number of aromatic carboxylic acids is 1. The zero-order valence-corrected chi connectivity index (χ0v) is 8.49. The Bertz CT molecular complexity index is 409. The van der Waals surface area contributed by atoms with Crippen LogP contribution in [0.4, 0.5) is 5.82 Å². The second-order valence-electron chi connectivity index (χ2n) is 3.60. The molecule has 1 atom stereocenters. The van der Waals surface area contributed by atoms with Crippen LogP contribution in [-0.2, 0) is 4.79 Å². The van der Waals surface area contributed by atoms with Gasteiger partial charge in [0, 0.05) is 0 Å². The Morgan fingerprint density at radius 3 is 3.00 bits per heavy atom. The molecule has 1 aliphatic heterocycles. The van der Waals surface area contributed by atoms with Crippen molar-refractivity contribution in [2.24, 2.45) is 0 Å². The molecule has 1 aliphatic rings. The van der Waals surface area contributed by atoms with E-state index in [9.17, 15) is 9.59 Å². The van der Waals surface area contributed by atoms with Gasteiger partial charge >= 0.3 is 5.97 Å². The van der Waals surface area contributed by atoms with Crippen LogP contribution in [0.25, 0.3) is 0 Å². The minimum absolute atomic E-state index is 0.0358. The van der Waals surface area contributed by atoms with Crippen molar-refractivity contribution in [3.8, 4) is 0 Å². The van der Waals surface area contributed by atoms with Gasteiger partial charge in [0.05, 0.1) is 12.2 Å². The highest BCUT2D eigenvalue weighted by Crippen LogP contribution is 2.13. The monoisotopic (exact) mass is 224 g/mol. The Morgan fingerprint density at radius 1 is 1.56 bits per heavy atom. The van der Waals surface area contributed by atoms with Gasteiger partial charge in [-0.15, -0.1) is 0 Å². The Balaban J connectivity index is 2.05. The van der Waals surface area contributed by atoms with Crippen molar-refractivity contribution in [2.45, 2.75) is 18.9 Å². The number of aromatic nitrogens is 2. The normalized spacial score (nSPS) is 19.6. The number of nitrogens with one attached hydrogen (secondary N) is 3. The number of hydrogen-bond donors (Lipinski definition) is 4. The second-order valence-corrected chi connectivity index (χ2v) is 3.60. The molecule has 2 heterocycles. The molecule has 16 heavy (non-hydrogen) atoms. The highest BCUT2D eigenvalue weighted by Gasteiger charge is 2.24. The maximum atomic E-state index is 11.7. The number of aromatic amines is 1. The molecule has 0 aromatic carbocycles. The van der Waals surface area contributed by atoms with E-state index < -0.39 is 5.97 Å². The molecule has 0 aliphatic carbocycles. The third-order valence-electron chi connectivity index (χ3n) is 2.49. The molecule has 7 nitrogen and oxygen atoms in total. The summed E-state index contributed by atoms with van der Waals surface area (Å²) in [5.41, 5.74) is -0.0358. The van der Waals surface area contributed by atoms with Crippen molar-refractivity contribution in [1.29, 1.82) is 0 Å². The van der Waals surface area contributed by atoms with Crippen LogP contribution >= 0.6 is 0 Å². The zero-order valence-electron chi connectivity index (χ0n) is 8.49. The molecule has 0 radical (unpaired) electrons. The van der Waals surface area contributed by atoms with Crippen LogP contribution in [0.3, 0.4) is 0 Å². The lowest BCUT2D eigenvalue weighted by Gasteiger charge is -2.09. The number of H-pyrrole nitrogens is 1. The van der Waals surface area contributed by atoms with E-state index in [1.165, 1.54) is 6.20 Å². The SMILES string of the molecule is O=C(O)c1cn[nH]c1NC(=O)C1CCCN1. The predicted molar refractivity (Wildman–Crippen MR) is 55.2 cm³/mol. The largest absolute Gasteiger partial charge is 0.477 e. The van der Waals surface area contributed by atoms with Crippen LogP contribution in [0.2, 0.25) is 0 Å². The molecule has 1 unspecified atom stereocenters. The van der Waals surface area contributed by atoms with Crippen LogP contribution < -0.4 is 10.6 Å². The first-order valence-corrected chi connectivity index (χ1v) is 4.99. The summed E-state index contributed by atoms with van der Waals surface area (Å²) in [6.07, 6.45) is 2.88. The third-order valence-corrected chi connectivity index (χ3v) is 2.49. The summed E-state index contributed by atoms with van der Waals surface area (Å²) in [5.74, 6) is -1.22. The third kappa shape index (κ3) is 2.03. The van der Waals surface area contributed by atoms with Crippen LogP contribution in [0.15, 0.2) is 6.20 Å². The highest BCUT2D eigenvalue weighted by atomic mass is 16.4. The van der Waals surface area contributed by atoms with E-state index in [4.69, 9.17) is 5.11 Å². The van der Waals surface area contributed by atoms with Gasteiger partial charge in [-0.3, -0.25) is 9.89 Å². The summed E-state index contributed by atoms with van der Waals surface area (Å²) < 4.78 is 0. The van der Waals surface area contributed by atoms with Crippen LogP contribution in [-0.4, -0.2) is 39.8 Å². The van der Waals surface area contributed by atoms with E-state index in [0.717, 1.165) is 19.4 Å². The predicted octanol–water partition coefficient (Wildman–Crippen LogP) is -0.202. The van der Waals surface area contributed by atoms with E-state index in [1.54, 1.807) is 0 Å². The Kier molecular flexibility index (Phi) is 2.86. The summed E-state index contributed by atoms with van der Waals surface area (Å²) in [6.45, 7) is 0.812. The van der Waals surface area contributed by atoms with Crippen LogP contribution in [0.5, 0.6) is 0 Å². The first-order chi connectivity index (χ1) is 7.68. The first kappa shape index (κ1) is 10.6. The number of hydrogen-bond acceptors (Lipinski definition) is 4. The number of carbonyl (C=O) groups excluding carboxylic acids is 1. The maximum Gasteiger partial charge on any atom is 0.341 e. The molecule has 1 aromatic rings. The number of anilines is 1. The smallest absolute Gasteiger partial charge is 0.341 e. The minimum atomic E-state index is -1.12. The van der Waals surface area contributed by atoms with Gasteiger partial charge in [-0.1, -0.05) is 0 Å². The number of amides is 1. The summed E-state index contributed by atoms with van der Waals surface area (Å²) in [4.78, 5) is 22.4. The molecule has 2 rings (SSSR count). The summed E-state index contributed by atoms with van der Waals surface area (Å²) in [6, 6.07) is -0.245. The topological polar surface area (TPSA) is 107 Å². The molecule has 0 spiro atoms. The lowest BCUT2D eigenvalue weighted by atomic mass is 10.2. The van der Waals surface area contributed by atoms with Gasteiger partial charge in [-0.25, -0.2) is 4.79 Å². The molecular formula is C9H12N4O3. The van der Waals surface area contributed by atoms with Gasteiger partial charge in [0.25, 0.3) is 0 Å². The number of nitrogens with zero attached hydrogens (tertiary/aromatic N) is 1.